The number of aromatic nitrogens is 1. The monoisotopic (exact) mass is 320 g/mol. The van der Waals surface area contributed by atoms with Gasteiger partial charge in [-0.15, -0.1) is 0 Å². The number of benzene rings is 1. The molecule has 2 radical (unpaired) electrons. The van der Waals surface area contributed by atoms with Gasteiger partial charge in [-0.25, -0.2) is 0 Å². The molecule has 0 unspecified atom stereocenters. The Hall–Kier alpha value is -2.01. The lowest BCUT2D eigenvalue weighted by atomic mass is 9.89. The number of rotatable bonds is 2. The van der Waals surface area contributed by atoms with Gasteiger partial charge in [-0.3, -0.25) is 4.79 Å². The minimum atomic E-state index is -0.169. The zero-order valence-electron chi connectivity index (χ0n) is 14.2. The molecule has 0 atom stereocenters. The summed E-state index contributed by atoms with van der Waals surface area (Å²) in [5, 5.41) is 9.64. The number of aliphatic hydroxyl groups excluding tert-OH is 1. The van der Waals surface area contributed by atoms with E-state index in [1.807, 2.05) is 12.1 Å². The summed E-state index contributed by atoms with van der Waals surface area (Å²) in [5.74, 6) is -0.00578. The molecule has 1 aromatic heterocycles. The summed E-state index contributed by atoms with van der Waals surface area (Å²) >= 11 is 0. The molecule has 1 N–H and O–H groups in total. The van der Waals surface area contributed by atoms with Crippen LogP contribution in [0.1, 0.15) is 41.2 Å². The number of fused-ring (bicyclic) bond motifs is 3. The lowest BCUT2D eigenvalue weighted by molar-refractivity contribution is 0.0963. The first-order valence-corrected chi connectivity index (χ1v) is 8.43. The van der Waals surface area contributed by atoms with Crippen molar-refractivity contribution in [1.29, 1.82) is 0 Å². The summed E-state index contributed by atoms with van der Waals surface area (Å²) in [6.07, 6.45) is 2.05. The van der Waals surface area contributed by atoms with Gasteiger partial charge in [0.05, 0.1) is 6.61 Å². The van der Waals surface area contributed by atoms with Crippen LogP contribution in [-0.4, -0.2) is 30.0 Å². The fourth-order valence-electron chi connectivity index (χ4n) is 4.16. The standard InChI is InChI=1S/C19H21BN2O2/c1-19(2)9-12-8-16-18(24)22(7-6-21(16)17(12)10-19)15-5-3-4-14(20)13(15)11-23/h3-5,8,23H,6-7,9-11H2,1-2H3. The maximum absolute atomic E-state index is 13.0. The van der Waals surface area contributed by atoms with E-state index in [4.69, 9.17) is 7.85 Å². The van der Waals surface area contributed by atoms with Gasteiger partial charge in [0.15, 0.2) is 0 Å². The van der Waals surface area contributed by atoms with E-state index >= 15 is 0 Å². The number of anilines is 1. The smallest absolute Gasteiger partial charge is 0.274 e. The molecule has 0 saturated heterocycles. The van der Waals surface area contributed by atoms with Crippen molar-refractivity contribution in [1.82, 2.24) is 4.57 Å². The van der Waals surface area contributed by atoms with E-state index in [9.17, 15) is 9.90 Å². The van der Waals surface area contributed by atoms with E-state index in [1.165, 1.54) is 11.3 Å². The Kier molecular flexibility index (Phi) is 3.39. The Bertz CT molecular complexity index is 838. The second-order valence-electron chi connectivity index (χ2n) is 7.63. The highest BCUT2D eigenvalue weighted by molar-refractivity contribution is 6.34. The molecule has 1 aliphatic carbocycles. The van der Waals surface area contributed by atoms with Gasteiger partial charge in [0, 0.05) is 24.5 Å². The molecule has 2 heterocycles. The largest absolute Gasteiger partial charge is 0.392 e. The number of hydrogen-bond donors (Lipinski definition) is 1. The molecule has 4 nitrogen and oxygen atoms in total. The van der Waals surface area contributed by atoms with E-state index in [0.717, 1.165) is 30.8 Å². The fourth-order valence-corrected chi connectivity index (χ4v) is 4.16. The van der Waals surface area contributed by atoms with E-state index < -0.39 is 0 Å². The van der Waals surface area contributed by atoms with Crippen LogP contribution >= 0.6 is 0 Å². The van der Waals surface area contributed by atoms with Crippen LogP contribution in [0.3, 0.4) is 0 Å². The number of nitrogens with zero attached hydrogens (tertiary/aromatic N) is 2. The first-order chi connectivity index (χ1) is 11.4. The highest BCUT2D eigenvalue weighted by atomic mass is 16.3. The Morgan fingerprint density at radius 3 is 2.79 bits per heavy atom. The van der Waals surface area contributed by atoms with Gasteiger partial charge in [0.2, 0.25) is 0 Å². The Morgan fingerprint density at radius 1 is 1.25 bits per heavy atom. The van der Waals surface area contributed by atoms with E-state index in [2.05, 4.69) is 24.5 Å². The molecule has 0 fully saturated rings. The number of amides is 1. The Labute approximate surface area is 143 Å². The van der Waals surface area contributed by atoms with Crippen molar-refractivity contribution in [2.45, 2.75) is 39.8 Å². The van der Waals surface area contributed by atoms with Crippen molar-refractivity contribution in [2.24, 2.45) is 5.41 Å². The molecule has 5 heteroatoms. The van der Waals surface area contributed by atoms with Crippen molar-refractivity contribution in [3.63, 3.8) is 0 Å². The molecule has 0 saturated carbocycles. The van der Waals surface area contributed by atoms with Gasteiger partial charge in [-0.1, -0.05) is 31.4 Å². The molecular weight excluding hydrogens is 299 g/mol. The Balaban J connectivity index is 1.73. The van der Waals surface area contributed by atoms with Crippen LogP contribution in [0.2, 0.25) is 0 Å². The molecule has 24 heavy (non-hydrogen) atoms. The van der Waals surface area contributed by atoms with Crippen molar-refractivity contribution >= 4 is 24.9 Å². The zero-order chi connectivity index (χ0) is 17.1. The molecular formula is C19H21BN2O2. The maximum Gasteiger partial charge on any atom is 0.274 e. The van der Waals surface area contributed by atoms with Gasteiger partial charge in [-0.2, -0.15) is 0 Å². The number of carbonyl (C=O) groups is 1. The first-order valence-electron chi connectivity index (χ1n) is 8.43. The number of aliphatic hydroxyl groups is 1. The van der Waals surface area contributed by atoms with Crippen LogP contribution in [0.4, 0.5) is 5.69 Å². The lowest BCUT2D eigenvalue weighted by Crippen LogP contribution is -2.41. The molecule has 4 rings (SSSR count). The van der Waals surface area contributed by atoms with Gasteiger partial charge in [0.25, 0.3) is 5.91 Å². The molecule has 2 aliphatic rings. The third kappa shape index (κ3) is 2.22. The van der Waals surface area contributed by atoms with E-state index in [-0.39, 0.29) is 17.9 Å². The normalized spacial score (nSPS) is 18.6. The molecule has 1 amide bonds. The topological polar surface area (TPSA) is 45.5 Å². The third-order valence-corrected chi connectivity index (χ3v) is 5.26. The summed E-state index contributed by atoms with van der Waals surface area (Å²) in [6.45, 7) is 5.77. The summed E-state index contributed by atoms with van der Waals surface area (Å²) < 4.78 is 2.19. The SMILES string of the molecule is [B]c1cccc(N2CCn3c(cc4c3CC(C)(C)C4)C2=O)c1CO. The minimum absolute atomic E-state index is 0.00578. The van der Waals surface area contributed by atoms with Gasteiger partial charge >= 0.3 is 0 Å². The molecule has 2 aromatic rings. The van der Waals surface area contributed by atoms with Crippen LogP contribution < -0.4 is 10.4 Å². The number of hydrogen-bond acceptors (Lipinski definition) is 2. The second kappa shape index (κ2) is 5.25. The van der Waals surface area contributed by atoms with Crippen LogP contribution in [0.5, 0.6) is 0 Å². The van der Waals surface area contributed by atoms with Crippen molar-refractivity contribution in [3.05, 3.63) is 46.8 Å². The maximum atomic E-state index is 13.0. The van der Waals surface area contributed by atoms with E-state index in [1.54, 1.807) is 11.0 Å². The molecule has 122 valence electrons. The first kappa shape index (κ1) is 15.5. The molecule has 1 aromatic carbocycles. The van der Waals surface area contributed by atoms with Crippen LogP contribution in [0, 0.1) is 5.41 Å². The third-order valence-electron chi connectivity index (χ3n) is 5.26. The van der Waals surface area contributed by atoms with Crippen LogP contribution in [0.25, 0.3) is 0 Å². The zero-order valence-corrected chi connectivity index (χ0v) is 14.2. The van der Waals surface area contributed by atoms with Gasteiger partial charge in [-0.05, 0) is 41.5 Å². The predicted molar refractivity (Wildman–Crippen MR) is 95.1 cm³/mol. The second-order valence-corrected chi connectivity index (χ2v) is 7.63. The van der Waals surface area contributed by atoms with Crippen molar-refractivity contribution < 1.29 is 9.90 Å². The Morgan fingerprint density at radius 2 is 2.04 bits per heavy atom. The molecule has 0 bridgehead atoms. The summed E-state index contributed by atoms with van der Waals surface area (Å²) in [7, 11) is 5.96. The van der Waals surface area contributed by atoms with Crippen molar-refractivity contribution in [2.75, 3.05) is 11.4 Å². The molecule has 0 spiro atoms. The number of carbonyl (C=O) groups excluding carboxylic acids is 1. The highest BCUT2D eigenvalue weighted by Crippen LogP contribution is 2.39. The van der Waals surface area contributed by atoms with Gasteiger partial charge < -0.3 is 14.6 Å². The molecule has 1 aliphatic heterocycles. The minimum Gasteiger partial charge on any atom is -0.392 e. The average Bonchev–Trinajstić information content (AvgIpc) is 3.00. The quantitative estimate of drug-likeness (QED) is 0.854. The fraction of sp³-hybridized carbons (Fsp3) is 0.421. The lowest BCUT2D eigenvalue weighted by Gasteiger charge is -2.31. The van der Waals surface area contributed by atoms with Crippen molar-refractivity contribution in [3.8, 4) is 0 Å². The van der Waals surface area contributed by atoms with Crippen LogP contribution in [-0.2, 0) is 26.0 Å². The predicted octanol–water partition coefficient (Wildman–Crippen LogP) is 1.56. The summed E-state index contributed by atoms with van der Waals surface area (Å²) in [5.41, 5.74) is 5.53. The average molecular weight is 320 g/mol. The van der Waals surface area contributed by atoms with Gasteiger partial charge in [0.1, 0.15) is 13.5 Å². The van der Waals surface area contributed by atoms with E-state index in [0.29, 0.717) is 17.6 Å². The summed E-state index contributed by atoms with van der Waals surface area (Å²) in [6, 6.07) is 7.49. The summed E-state index contributed by atoms with van der Waals surface area (Å²) in [4.78, 5) is 14.8. The highest BCUT2D eigenvalue weighted by Gasteiger charge is 2.36. The van der Waals surface area contributed by atoms with Crippen LogP contribution in [0.15, 0.2) is 24.3 Å².